The third kappa shape index (κ3) is 1.72. The van der Waals surface area contributed by atoms with Crippen LogP contribution in [-0.4, -0.2) is 9.78 Å². The summed E-state index contributed by atoms with van der Waals surface area (Å²) in [6, 6.07) is 6.57. The quantitative estimate of drug-likeness (QED) is 0.849. The second-order valence-corrected chi connectivity index (χ2v) is 5.89. The van der Waals surface area contributed by atoms with E-state index in [4.69, 9.17) is 5.73 Å². The largest absolute Gasteiger partial charge is 0.383 e. The third-order valence-electron chi connectivity index (χ3n) is 3.26. The van der Waals surface area contributed by atoms with E-state index in [2.05, 4.69) is 55.2 Å². The number of fused-ring (bicyclic) bond motifs is 1. The first-order valence-electron chi connectivity index (χ1n) is 5.44. The molecule has 1 aromatic heterocycles. The van der Waals surface area contributed by atoms with Crippen molar-refractivity contribution in [3.63, 3.8) is 0 Å². The van der Waals surface area contributed by atoms with E-state index in [1.165, 1.54) is 15.6 Å². The minimum Gasteiger partial charge on any atom is -0.383 e. The Hall–Kier alpha value is -0.810. The van der Waals surface area contributed by atoms with Crippen LogP contribution in [0.1, 0.15) is 23.6 Å². The zero-order valence-electron chi connectivity index (χ0n) is 9.03. The number of nitrogen functional groups attached to an aromatic ring is 1. The summed E-state index contributed by atoms with van der Waals surface area (Å²) < 4.78 is 3.95. The van der Waals surface area contributed by atoms with Gasteiger partial charge in [-0.1, -0.05) is 28.1 Å². The van der Waals surface area contributed by atoms with Crippen molar-refractivity contribution in [2.75, 3.05) is 5.73 Å². The fourth-order valence-electron chi connectivity index (χ4n) is 2.44. The fourth-order valence-corrected chi connectivity index (χ4v) is 3.29. The third-order valence-corrected chi connectivity index (χ3v) is 4.62. The van der Waals surface area contributed by atoms with Crippen molar-refractivity contribution >= 4 is 37.7 Å². The normalized spacial score (nSPS) is 18.4. The zero-order chi connectivity index (χ0) is 12.0. The van der Waals surface area contributed by atoms with E-state index in [0.29, 0.717) is 5.82 Å². The summed E-state index contributed by atoms with van der Waals surface area (Å²) in [5.74, 6) is 0.697. The van der Waals surface area contributed by atoms with Crippen molar-refractivity contribution in [1.29, 1.82) is 0 Å². The van der Waals surface area contributed by atoms with E-state index in [1.807, 2.05) is 4.68 Å². The highest BCUT2D eigenvalue weighted by molar-refractivity contribution is 9.10. The van der Waals surface area contributed by atoms with Crippen LogP contribution in [-0.2, 0) is 6.42 Å². The van der Waals surface area contributed by atoms with E-state index in [9.17, 15) is 0 Å². The molecule has 3 rings (SSSR count). The van der Waals surface area contributed by atoms with Gasteiger partial charge >= 0.3 is 0 Å². The smallest absolute Gasteiger partial charge is 0.136 e. The van der Waals surface area contributed by atoms with Crippen LogP contribution in [0.25, 0.3) is 0 Å². The van der Waals surface area contributed by atoms with Gasteiger partial charge in [0.25, 0.3) is 0 Å². The van der Waals surface area contributed by atoms with E-state index >= 15 is 0 Å². The molecule has 1 unspecified atom stereocenters. The van der Waals surface area contributed by atoms with Crippen LogP contribution in [0.2, 0.25) is 0 Å². The van der Waals surface area contributed by atoms with Crippen LogP contribution >= 0.6 is 31.9 Å². The van der Waals surface area contributed by atoms with Crippen molar-refractivity contribution in [2.45, 2.75) is 18.9 Å². The van der Waals surface area contributed by atoms with Crippen molar-refractivity contribution < 1.29 is 0 Å². The first-order chi connectivity index (χ1) is 8.18. The van der Waals surface area contributed by atoms with Gasteiger partial charge in [-0.2, -0.15) is 5.10 Å². The lowest BCUT2D eigenvalue weighted by atomic mass is 10.1. The lowest BCUT2D eigenvalue weighted by molar-refractivity contribution is 0.527. The summed E-state index contributed by atoms with van der Waals surface area (Å²) in [5.41, 5.74) is 8.72. The average molecular weight is 357 g/mol. The highest BCUT2D eigenvalue weighted by atomic mass is 79.9. The summed E-state index contributed by atoms with van der Waals surface area (Å²) in [4.78, 5) is 0. The molecule has 1 aliphatic rings. The second kappa shape index (κ2) is 4.14. The van der Waals surface area contributed by atoms with Crippen LogP contribution in [0.15, 0.2) is 33.3 Å². The molecule has 5 heteroatoms. The van der Waals surface area contributed by atoms with Crippen LogP contribution < -0.4 is 5.73 Å². The summed E-state index contributed by atoms with van der Waals surface area (Å²) in [7, 11) is 0. The topological polar surface area (TPSA) is 43.8 Å². The van der Waals surface area contributed by atoms with E-state index in [-0.39, 0.29) is 6.04 Å². The Bertz CT molecular complexity index is 577. The van der Waals surface area contributed by atoms with E-state index in [0.717, 1.165) is 17.3 Å². The van der Waals surface area contributed by atoms with Crippen molar-refractivity contribution in [1.82, 2.24) is 9.78 Å². The minimum atomic E-state index is 0.258. The maximum absolute atomic E-state index is 6.02. The van der Waals surface area contributed by atoms with Gasteiger partial charge in [-0.15, -0.1) is 0 Å². The Labute approximate surface area is 116 Å². The Balaban J connectivity index is 2.10. The molecule has 17 heavy (non-hydrogen) atoms. The van der Waals surface area contributed by atoms with Gasteiger partial charge < -0.3 is 5.73 Å². The van der Waals surface area contributed by atoms with Gasteiger partial charge in [0.2, 0.25) is 0 Å². The molecule has 0 aliphatic heterocycles. The molecular weight excluding hydrogens is 346 g/mol. The van der Waals surface area contributed by atoms with Crippen LogP contribution in [0.4, 0.5) is 5.82 Å². The van der Waals surface area contributed by atoms with Gasteiger partial charge in [0.05, 0.1) is 16.7 Å². The molecule has 1 aromatic carbocycles. The standard InChI is InChI=1S/C12H11Br2N3/c13-9-3-1-2-8-7(9)4-5-11(8)17-12(15)10(14)6-16-17/h1-3,6,11H,4-5,15H2. The van der Waals surface area contributed by atoms with Crippen molar-refractivity contribution in [3.05, 3.63) is 44.5 Å². The minimum absolute atomic E-state index is 0.258. The molecule has 0 saturated carbocycles. The number of benzene rings is 1. The molecular formula is C12H11Br2N3. The molecule has 0 bridgehead atoms. The Morgan fingerprint density at radius 3 is 2.82 bits per heavy atom. The molecule has 1 heterocycles. The predicted octanol–water partition coefficient (Wildman–Crippen LogP) is 3.53. The number of hydrogen-bond acceptors (Lipinski definition) is 2. The molecule has 3 nitrogen and oxygen atoms in total. The predicted molar refractivity (Wildman–Crippen MR) is 74.9 cm³/mol. The maximum Gasteiger partial charge on any atom is 0.136 e. The number of aromatic nitrogens is 2. The first kappa shape index (κ1) is 11.3. The summed E-state index contributed by atoms with van der Waals surface area (Å²) in [6.45, 7) is 0. The molecule has 0 fully saturated rings. The first-order valence-corrected chi connectivity index (χ1v) is 7.03. The molecule has 1 aliphatic carbocycles. The fraction of sp³-hybridized carbons (Fsp3) is 0.250. The zero-order valence-corrected chi connectivity index (χ0v) is 12.2. The number of nitrogens with zero attached hydrogens (tertiary/aromatic N) is 2. The monoisotopic (exact) mass is 355 g/mol. The molecule has 1 atom stereocenters. The van der Waals surface area contributed by atoms with Gasteiger partial charge in [0.15, 0.2) is 0 Å². The van der Waals surface area contributed by atoms with Crippen LogP contribution in [0.3, 0.4) is 0 Å². The van der Waals surface area contributed by atoms with Crippen LogP contribution in [0, 0.1) is 0 Å². The Morgan fingerprint density at radius 2 is 2.12 bits per heavy atom. The Kier molecular flexibility index (Phi) is 2.75. The number of rotatable bonds is 1. The number of halogens is 2. The molecule has 2 N–H and O–H groups in total. The van der Waals surface area contributed by atoms with Gasteiger partial charge in [-0.05, 0) is 46.0 Å². The van der Waals surface area contributed by atoms with Gasteiger partial charge in [-0.25, -0.2) is 4.68 Å². The summed E-state index contributed by atoms with van der Waals surface area (Å²) in [6.07, 6.45) is 3.87. The highest BCUT2D eigenvalue weighted by Crippen LogP contribution is 2.39. The molecule has 0 radical (unpaired) electrons. The van der Waals surface area contributed by atoms with E-state index in [1.54, 1.807) is 6.20 Å². The van der Waals surface area contributed by atoms with Gasteiger partial charge in [0.1, 0.15) is 5.82 Å². The van der Waals surface area contributed by atoms with Crippen LogP contribution in [0.5, 0.6) is 0 Å². The number of nitrogens with two attached hydrogens (primary N) is 1. The molecule has 0 spiro atoms. The maximum atomic E-state index is 6.02. The molecule has 2 aromatic rings. The van der Waals surface area contributed by atoms with Crippen molar-refractivity contribution in [3.8, 4) is 0 Å². The SMILES string of the molecule is Nc1c(Br)cnn1C1CCc2c(Br)cccc21. The van der Waals surface area contributed by atoms with Gasteiger partial charge in [0, 0.05) is 4.47 Å². The molecule has 88 valence electrons. The highest BCUT2D eigenvalue weighted by Gasteiger charge is 2.27. The van der Waals surface area contributed by atoms with E-state index < -0.39 is 0 Å². The summed E-state index contributed by atoms with van der Waals surface area (Å²) >= 11 is 7.00. The Morgan fingerprint density at radius 1 is 1.29 bits per heavy atom. The lowest BCUT2D eigenvalue weighted by Gasteiger charge is -2.14. The second-order valence-electron chi connectivity index (χ2n) is 4.18. The molecule has 0 amide bonds. The van der Waals surface area contributed by atoms with Gasteiger partial charge in [-0.3, -0.25) is 0 Å². The number of hydrogen-bond donors (Lipinski definition) is 1. The molecule has 0 saturated heterocycles. The summed E-state index contributed by atoms with van der Waals surface area (Å²) in [5, 5.41) is 4.36. The number of anilines is 1. The average Bonchev–Trinajstić information content (AvgIpc) is 2.86. The van der Waals surface area contributed by atoms with Crippen molar-refractivity contribution in [2.24, 2.45) is 0 Å². The lowest BCUT2D eigenvalue weighted by Crippen LogP contribution is -2.11.